The Kier molecular flexibility index (Phi) is 6.81. The SMILES string of the molecule is COc1ccc(OC)c(COC(=O)CN(C)S(=O)(=O)c2ccc(C)cc2)c1. The van der Waals surface area contributed by atoms with E-state index < -0.39 is 22.5 Å². The molecular weight excluding hydrogens is 370 g/mol. The van der Waals surface area contributed by atoms with Gasteiger partial charge >= 0.3 is 5.97 Å². The van der Waals surface area contributed by atoms with Crippen LogP contribution in [-0.2, 0) is 26.2 Å². The van der Waals surface area contributed by atoms with Crippen LogP contribution in [0.1, 0.15) is 11.1 Å². The largest absolute Gasteiger partial charge is 0.497 e. The molecule has 0 N–H and O–H groups in total. The van der Waals surface area contributed by atoms with E-state index in [1.807, 2.05) is 6.92 Å². The average Bonchev–Trinajstić information content (AvgIpc) is 2.66. The van der Waals surface area contributed by atoms with Crippen molar-refractivity contribution in [3.8, 4) is 11.5 Å². The molecule has 0 bridgehead atoms. The van der Waals surface area contributed by atoms with E-state index in [2.05, 4.69) is 0 Å². The molecule has 2 aromatic carbocycles. The molecule has 2 rings (SSSR count). The Morgan fingerprint density at radius 3 is 2.30 bits per heavy atom. The lowest BCUT2D eigenvalue weighted by Crippen LogP contribution is -2.33. The first kappa shape index (κ1) is 20.7. The van der Waals surface area contributed by atoms with Gasteiger partial charge in [-0.05, 0) is 37.3 Å². The fraction of sp³-hybridized carbons (Fsp3) is 0.316. The first-order valence-electron chi connectivity index (χ1n) is 8.17. The van der Waals surface area contributed by atoms with Crippen molar-refractivity contribution in [3.63, 3.8) is 0 Å². The van der Waals surface area contributed by atoms with Crippen molar-refractivity contribution in [2.75, 3.05) is 27.8 Å². The highest BCUT2D eigenvalue weighted by molar-refractivity contribution is 7.89. The first-order chi connectivity index (χ1) is 12.8. The molecule has 7 nitrogen and oxygen atoms in total. The molecule has 27 heavy (non-hydrogen) atoms. The van der Waals surface area contributed by atoms with Gasteiger partial charge in [0, 0.05) is 12.6 Å². The number of hydrogen-bond acceptors (Lipinski definition) is 6. The van der Waals surface area contributed by atoms with Gasteiger partial charge in [-0.3, -0.25) is 4.79 Å². The first-order valence-corrected chi connectivity index (χ1v) is 9.61. The fourth-order valence-electron chi connectivity index (χ4n) is 2.36. The van der Waals surface area contributed by atoms with Gasteiger partial charge in [-0.25, -0.2) is 8.42 Å². The zero-order valence-corrected chi connectivity index (χ0v) is 16.6. The van der Waals surface area contributed by atoms with Crippen LogP contribution in [0.4, 0.5) is 0 Å². The zero-order chi connectivity index (χ0) is 20.0. The predicted octanol–water partition coefficient (Wildman–Crippen LogP) is 2.38. The van der Waals surface area contributed by atoms with Crippen LogP contribution in [0, 0.1) is 6.92 Å². The summed E-state index contributed by atoms with van der Waals surface area (Å²) >= 11 is 0. The number of nitrogens with zero attached hydrogens (tertiary/aromatic N) is 1. The Morgan fingerprint density at radius 2 is 1.70 bits per heavy atom. The lowest BCUT2D eigenvalue weighted by atomic mass is 10.2. The van der Waals surface area contributed by atoms with E-state index in [0.717, 1.165) is 9.87 Å². The molecule has 2 aromatic rings. The minimum absolute atomic E-state index is 0.0579. The normalized spacial score (nSPS) is 11.3. The fourth-order valence-corrected chi connectivity index (χ4v) is 3.47. The second-order valence-electron chi connectivity index (χ2n) is 5.91. The molecule has 146 valence electrons. The van der Waals surface area contributed by atoms with Gasteiger partial charge in [0.05, 0.1) is 19.1 Å². The summed E-state index contributed by atoms with van der Waals surface area (Å²) in [6, 6.07) is 11.5. The topological polar surface area (TPSA) is 82.1 Å². The highest BCUT2D eigenvalue weighted by Crippen LogP contribution is 2.24. The van der Waals surface area contributed by atoms with E-state index in [1.54, 1.807) is 30.3 Å². The summed E-state index contributed by atoms with van der Waals surface area (Å²) in [4.78, 5) is 12.2. The number of carbonyl (C=O) groups excluding carboxylic acids is 1. The van der Waals surface area contributed by atoms with Crippen LogP contribution in [0.3, 0.4) is 0 Å². The lowest BCUT2D eigenvalue weighted by molar-refractivity contribution is -0.144. The van der Waals surface area contributed by atoms with E-state index >= 15 is 0 Å². The summed E-state index contributed by atoms with van der Waals surface area (Å²) in [6.07, 6.45) is 0. The number of esters is 1. The van der Waals surface area contributed by atoms with E-state index in [4.69, 9.17) is 14.2 Å². The van der Waals surface area contributed by atoms with Crippen LogP contribution in [-0.4, -0.2) is 46.5 Å². The van der Waals surface area contributed by atoms with Crippen molar-refractivity contribution in [2.24, 2.45) is 0 Å². The third-order valence-corrected chi connectivity index (χ3v) is 5.77. The number of benzene rings is 2. The molecule has 0 spiro atoms. The summed E-state index contributed by atoms with van der Waals surface area (Å²) in [7, 11) is 0.606. The van der Waals surface area contributed by atoms with Gasteiger partial charge in [-0.2, -0.15) is 4.31 Å². The molecule has 0 unspecified atom stereocenters. The van der Waals surface area contributed by atoms with Crippen LogP contribution in [0.15, 0.2) is 47.4 Å². The van der Waals surface area contributed by atoms with Crippen molar-refractivity contribution >= 4 is 16.0 Å². The Balaban J connectivity index is 2.02. The average molecular weight is 393 g/mol. The van der Waals surface area contributed by atoms with Crippen molar-refractivity contribution in [1.82, 2.24) is 4.31 Å². The molecule has 0 saturated heterocycles. The zero-order valence-electron chi connectivity index (χ0n) is 15.8. The third kappa shape index (κ3) is 5.21. The lowest BCUT2D eigenvalue weighted by Gasteiger charge is -2.17. The molecule has 0 fully saturated rings. The number of rotatable bonds is 8. The highest BCUT2D eigenvalue weighted by Gasteiger charge is 2.23. The van der Waals surface area contributed by atoms with Crippen molar-refractivity contribution in [3.05, 3.63) is 53.6 Å². The Morgan fingerprint density at radius 1 is 1.04 bits per heavy atom. The van der Waals surface area contributed by atoms with Gasteiger partial charge in [-0.1, -0.05) is 17.7 Å². The number of likely N-dealkylation sites (N-methyl/N-ethyl adjacent to an activating group) is 1. The van der Waals surface area contributed by atoms with E-state index in [9.17, 15) is 13.2 Å². The maximum atomic E-state index is 12.5. The Bertz CT molecular complexity index is 893. The highest BCUT2D eigenvalue weighted by atomic mass is 32.2. The molecule has 0 aliphatic carbocycles. The standard InChI is InChI=1S/C19H23NO6S/c1-14-5-8-17(9-6-14)27(22,23)20(2)12-19(21)26-13-15-11-16(24-3)7-10-18(15)25-4/h5-11H,12-13H2,1-4H3. The van der Waals surface area contributed by atoms with Crippen LogP contribution in [0.25, 0.3) is 0 Å². The van der Waals surface area contributed by atoms with Crippen molar-refractivity contribution in [1.29, 1.82) is 0 Å². The maximum Gasteiger partial charge on any atom is 0.321 e. The number of hydrogen-bond donors (Lipinski definition) is 0. The summed E-state index contributed by atoms with van der Waals surface area (Å²) in [5.74, 6) is 0.475. The monoisotopic (exact) mass is 393 g/mol. The van der Waals surface area contributed by atoms with Crippen molar-refractivity contribution < 1.29 is 27.4 Å². The third-order valence-electron chi connectivity index (χ3n) is 3.96. The smallest absolute Gasteiger partial charge is 0.321 e. The van der Waals surface area contributed by atoms with Crippen LogP contribution < -0.4 is 9.47 Å². The molecule has 0 aliphatic heterocycles. The summed E-state index contributed by atoms with van der Waals surface area (Å²) in [6.45, 7) is 1.41. The molecule has 0 heterocycles. The minimum Gasteiger partial charge on any atom is -0.497 e. The van der Waals surface area contributed by atoms with Gasteiger partial charge in [-0.15, -0.1) is 0 Å². The molecule has 0 saturated carbocycles. The molecule has 0 aromatic heterocycles. The predicted molar refractivity (Wildman–Crippen MR) is 100 cm³/mol. The Labute approximate surface area is 159 Å². The van der Waals surface area contributed by atoms with E-state index in [1.165, 1.54) is 33.4 Å². The number of carbonyl (C=O) groups is 1. The summed E-state index contributed by atoms with van der Waals surface area (Å²) < 4.78 is 41.6. The quantitative estimate of drug-likeness (QED) is 0.641. The van der Waals surface area contributed by atoms with Gasteiger partial charge in [0.15, 0.2) is 0 Å². The molecule has 0 amide bonds. The number of ether oxygens (including phenoxy) is 3. The van der Waals surface area contributed by atoms with Gasteiger partial charge < -0.3 is 14.2 Å². The van der Waals surface area contributed by atoms with Crippen LogP contribution in [0.5, 0.6) is 11.5 Å². The van der Waals surface area contributed by atoms with Gasteiger partial charge in [0.1, 0.15) is 24.7 Å². The van der Waals surface area contributed by atoms with Crippen LogP contribution in [0.2, 0.25) is 0 Å². The van der Waals surface area contributed by atoms with Gasteiger partial charge in [0.25, 0.3) is 0 Å². The molecular formula is C19H23NO6S. The Hall–Kier alpha value is -2.58. The summed E-state index contributed by atoms with van der Waals surface area (Å²) in [5, 5.41) is 0. The maximum absolute atomic E-state index is 12.5. The summed E-state index contributed by atoms with van der Waals surface area (Å²) in [5.41, 5.74) is 1.57. The number of aryl methyl sites for hydroxylation is 1. The molecule has 0 atom stereocenters. The van der Waals surface area contributed by atoms with E-state index in [-0.39, 0.29) is 11.5 Å². The van der Waals surface area contributed by atoms with Crippen LogP contribution >= 0.6 is 0 Å². The molecule has 8 heteroatoms. The number of sulfonamides is 1. The van der Waals surface area contributed by atoms with Gasteiger partial charge in [0.2, 0.25) is 10.0 Å². The second kappa shape index (κ2) is 8.88. The van der Waals surface area contributed by atoms with E-state index in [0.29, 0.717) is 17.1 Å². The molecule has 0 aliphatic rings. The van der Waals surface area contributed by atoms with Crippen molar-refractivity contribution in [2.45, 2.75) is 18.4 Å². The molecule has 0 radical (unpaired) electrons. The number of methoxy groups -OCH3 is 2. The second-order valence-corrected chi connectivity index (χ2v) is 7.96. The minimum atomic E-state index is -3.77.